The lowest BCUT2D eigenvalue weighted by atomic mass is 9.78. The third-order valence-electron chi connectivity index (χ3n) is 5.06. The van der Waals surface area contributed by atoms with E-state index in [0.29, 0.717) is 24.1 Å². The van der Waals surface area contributed by atoms with Crippen molar-refractivity contribution in [2.24, 2.45) is 11.1 Å². The molecule has 3 N–H and O–H groups in total. The zero-order valence-corrected chi connectivity index (χ0v) is 12.3. The van der Waals surface area contributed by atoms with E-state index in [2.05, 4.69) is 19.2 Å². The molecule has 3 heteroatoms. The van der Waals surface area contributed by atoms with Gasteiger partial charge in [-0.15, -0.1) is 0 Å². The Morgan fingerprint density at radius 2 is 2.00 bits per heavy atom. The van der Waals surface area contributed by atoms with Gasteiger partial charge in [-0.25, -0.2) is 0 Å². The molecule has 0 radical (unpaired) electrons. The highest BCUT2D eigenvalue weighted by atomic mass is 16.5. The van der Waals surface area contributed by atoms with Crippen molar-refractivity contribution in [3.63, 3.8) is 0 Å². The highest BCUT2D eigenvalue weighted by molar-refractivity contribution is 5.02. The van der Waals surface area contributed by atoms with Crippen LogP contribution in [-0.2, 0) is 4.74 Å². The van der Waals surface area contributed by atoms with Crippen molar-refractivity contribution < 1.29 is 4.74 Å². The normalized spacial score (nSPS) is 40.0. The maximum absolute atomic E-state index is 6.11. The fraction of sp³-hybridized carbons (Fsp3) is 1.00. The van der Waals surface area contributed by atoms with Gasteiger partial charge in [0.25, 0.3) is 0 Å². The number of methoxy groups -OCH3 is 1. The number of nitrogens with one attached hydrogen (secondary N) is 1. The number of ether oxygens (including phenoxy) is 1. The van der Waals surface area contributed by atoms with Gasteiger partial charge in [0.1, 0.15) is 0 Å². The van der Waals surface area contributed by atoms with Crippen molar-refractivity contribution in [1.29, 1.82) is 0 Å². The van der Waals surface area contributed by atoms with Crippen molar-refractivity contribution in [2.75, 3.05) is 13.7 Å². The maximum atomic E-state index is 6.11. The summed E-state index contributed by atoms with van der Waals surface area (Å²) in [6.45, 7) is 5.44. The van der Waals surface area contributed by atoms with E-state index in [1.54, 1.807) is 0 Å². The van der Waals surface area contributed by atoms with Crippen LogP contribution in [0.5, 0.6) is 0 Å². The molecule has 0 aromatic carbocycles. The molecular formula is C15H30N2O. The van der Waals surface area contributed by atoms with Crippen LogP contribution < -0.4 is 11.1 Å². The molecule has 2 rings (SSSR count). The van der Waals surface area contributed by atoms with E-state index < -0.39 is 0 Å². The molecule has 0 aliphatic heterocycles. The Kier molecular flexibility index (Phi) is 4.35. The summed E-state index contributed by atoms with van der Waals surface area (Å²) in [4.78, 5) is 0. The van der Waals surface area contributed by atoms with Gasteiger partial charge in [-0.05, 0) is 37.5 Å². The molecule has 0 amide bonds. The van der Waals surface area contributed by atoms with Gasteiger partial charge in [-0.1, -0.05) is 26.7 Å². The molecular weight excluding hydrogens is 224 g/mol. The first-order chi connectivity index (χ1) is 8.51. The highest BCUT2D eigenvalue weighted by Gasteiger charge is 2.43. The summed E-state index contributed by atoms with van der Waals surface area (Å²) in [5.74, 6) is 0. The molecule has 0 bridgehead atoms. The molecule has 0 saturated heterocycles. The van der Waals surface area contributed by atoms with E-state index in [4.69, 9.17) is 10.5 Å². The SMILES string of the molecule is COC1CCCCC1(CN)NC1CCC(C)(C)C1. The Bertz CT molecular complexity index is 280. The summed E-state index contributed by atoms with van der Waals surface area (Å²) in [5, 5.41) is 3.89. The standard InChI is InChI=1S/C15H30N2O/c1-14(2)9-7-12(10-14)17-15(11-16)8-5-4-6-13(15)18-3/h12-13,17H,4-11,16H2,1-3H3. The van der Waals surface area contributed by atoms with Gasteiger partial charge < -0.3 is 15.8 Å². The van der Waals surface area contributed by atoms with Crippen LogP contribution in [0, 0.1) is 5.41 Å². The monoisotopic (exact) mass is 254 g/mol. The average molecular weight is 254 g/mol. The molecule has 0 aromatic heterocycles. The summed E-state index contributed by atoms with van der Waals surface area (Å²) in [6, 6.07) is 0.624. The highest BCUT2D eigenvalue weighted by Crippen LogP contribution is 2.39. The zero-order valence-electron chi connectivity index (χ0n) is 12.3. The van der Waals surface area contributed by atoms with Crippen molar-refractivity contribution in [3.8, 4) is 0 Å². The first kappa shape index (κ1) is 14.3. The molecule has 3 atom stereocenters. The number of nitrogens with two attached hydrogens (primary N) is 1. The zero-order chi connectivity index (χ0) is 13.2. The Morgan fingerprint density at radius 1 is 1.22 bits per heavy atom. The van der Waals surface area contributed by atoms with Gasteiger partial charge in [-0.2, -0.15) is 0 Å². The fourth-order valence-corrected chi connectivity index (χ4v) is 3.97. The second-order valence-corrected chi connectivity index (χ2v) is 7.08. The van der Waals surface area contributed by atoms with Gasteiger partial charge >= 0.3 is 0 Å². The molecule has 2 aliphatic carbocycles. The minimum atomic E-state index is 0.0259. The Hall–Kier alpha value is -0.120. The summed E-state index contributed by atoms with van der Waals surface area (Å²) in [6.07, 6.45) is 9.04. The molecule has 2 fully saturated rings. The van der Waals surface area contributed by atoms with E-state index >= 15 is 0 Å². The van der Waals surface area contributed by atoms with E-state index in [-0.39, 0.29) is 5.54 Å². The first-order valence-electron chi connectivity index (χ1n) is 7.52. The van der Waals surface area contributed by atoms with Gasteiger partial charge in [-0.3, -0.25) is 0 Å². The van der Waals surface area contributed by atoms with Crippen LogP contribution in [-0.4, -0.2) is 31.3 Å². The maximum Gasteiger partial charge on any atom is 0.0765 e. The molecule has 0 spiro atoms. The van der Waals surface area contributed by atoms with Gasteiger partial charge in [0, 0.05) is 19.7 Å². The molecule has 0 aromatic rings. The quantitative estimate of drug-likeness (QED) is 0.810. The van der Waals surface area contributed by atoms with E-state index in [1.807, 2.05) is 7.11 Å². The minimum Gasteiger partial charge on any atom is -0.379 e. The van der Waals surface area contributed by atoms with Crippen LogP contribution in [0.15, 0.2) is 0 Å². The number of hydrogen-bond donors (Lipinski definition) is 2. The first-order valence-corrected chi connectivity index (χ1v) is 7.52. The topological polar surface area (TPSA) is 47.3 Å². The summed E-state index contributed by atoms with van der Waals surface area (Å²) in [5.41, 5.74) is 6.62. The molecule has 2 aliphatic rings. The van der Waals surface area contributed by atoms with Crippen molar-refractivity contribution in [3.05, 3.63) is 0 Å². The molecule has 106 valence electrons. The summed E-state index contributed by atoms with van der Waals surface area (Å²) in [7, 11) is 1.83. The summed E-state index contributed by atoms with van der Waals surface area (Å²) >= 11 is 0. The number of hydrogen-bond acceptors (Lipinski definition) is 3. The van der Waals surface area contributed by atoms with E-state index in [0.717, 1.165) is 6.42 Å². The predicted molar refractivity (Wildman–Crippen MR) is 75.6 cm³/mol. The molecule has 18 heavy (non-hydrogen) atoms. The Morgan fingerprint density at radius 3 is 2.56 bits per heavy atom. The second kappa shape index (κ2) is 5.48. The lowest BCUT2D eigenvalue weighted by Gasteiger charge is -2.45. The molecule has 3 unspecified atom stereocenters. The molecule has 0 heterocycles. The Balaban J connectivity index is 2.03. The van der Waals surface area contributed by atoms with Gasteiger partial charge in [0.15, 0.2) is 0 Å². The van der Waals surface area contributed by atoms with Crippen LogP contribution in [0.4, 0.5) is 0 Å². The molecule has 3 nitrogen and oxygen atoms in total. The minimum absolute atomic E-state index is 0.0259. The number of rotatable bonds is 4. The van der Waals surface area contributed by atoms with E-state index in [1.165, 1.54) is 38.5 Å². The smallest absolute Gasteiger partial charge is 0.0765 e. The van der Waals surface area contributed by atoms with Gasteiger partial charge in [0.05, 0.1) is 11.6 Å². The van der Waals surface area contributed by atoms with Crippen LogP contribution in [0.2, 0.25) is 0 Å². The Labute approximate surface area is 112 Å². The third kappa shape index (κ3) is 2.89. The van der Waals surface area contributed by atoms with E-state index in [9.17, 15) is 0 Å². The lowest BCUT2D eigenvalue weighted by Crippen LogP contribution is -2.63. The van der Waals surface area contributed by atoms with Crippen LogP contribution in [0.3, 0.4) is 0 Å². The predicted octanol–water partition coefficient (Wildman–Crippen LogP) is 2.44. The average Bonchev–Trinajstić information content (AvgIpc) is 2.69. The molecule has 2 saturated carbocycles. The largest absolute Gasteiger partial charge is 0.379 e. The van der Waals surface area contributed by atoms with Crippen molar-refractivity contribution >= 4 is 0 Å². The van der Waals surface area contributed by atoms with Crippen LogP contribution in [0.1, 0.15) is 58.8 Å². The van der Waals surface area contributed by atoms with Crippen LogP contribution in [0.25, 0.3) is 0 Å². The lowest BCUT2D eigenvalue weighted by molar-refractivity contribution is -0.0140. The van der Waals surface area contributed by atoms with Crippen molar-refractivity contribution in [2.45, 2.75) is 76.5 Å². The summed E-state index contributed by atoms with van der Waals surface area (Å²) < 4.78 is 5.72. The third-order valence-corrected chi connectivity index (χ3v) is 5.06. The second-order valence-electron chi connectivity index (χ2n) is 7.08. The van der Waals surface area contributed by atoms with Crippen molar-refractivity contribution in [1.82, 2.24) is 5.32 Å². The van der Waals surface area contributed by atoms with Gasteiger partial charge in [0.2, 0.25) is 0 Å². The van der Waals surface area contributed by atoms with Crippen LogP contribution >= 0.6 is 0 Å². The fourth-order valence-electron chi connectivity index (χ4n) is 3.97.